The summed E-state index contributed by atoms with van der Waals surface area (Å²) in [5, 5.41) is 0. The first-order valence-electron chi connectivity index (χ1n) is 7.80. The predicted octanol–water partition coefficient (Wildman–Crippen LogP) is 2.40. The molecule has 122 valence electrons. The van der Waals surface area contributed by atoms with Gasteiger partial charge >= 0.3 is 0 Å². The third kappa shape index (κ3) is 3.84. The minimum atomic E-state index is 0.266. The van der Waals surface area contributed by atoms with Crippen LogP contribution in [-0.2, 0) is 4.79 Å². The number of benzene rings is 1. The molecule has 1 heterocycles. The molecule has 1 aliphatic heterocycles. The zero-order chi connectivity index (χ0) is 16.1. The molecule has 0 atom stereocenters. The second-order valence-electron chi connectivity index (χ2n) is 6.01. The molecule has 0 aliphatic carbocycles. The lowest BCUT2D eigenvalue weighted by Gasteiger charge is -2.36. The molecule has 5 heteroatoms. The maximum atomic E-state index is 12.1. The monoisotopic (exact) mass is 306 g/mol. The quantitative estimate of drug-likeness (QED) is 0.838. The molecular formula is C17H26N2O3. The molecule has 1 aromatic rings. The molecule has 1 fully saturated rings. The number of amides is 1. The molecule has 1 saturated heterocycles. The van der Waals surface area contributed by atoms with Crippen molar-refractivity contribution in [3.8, 4) is 11.5 Å². The van der Waals surface area contributed by atoms with Gasteiger partial charge in [0.1, 0.15) is 0 Å². The second kappa shape index (κ2) is 7.38. The Morgan fingerprint density at radius 2 is 1.73 bits per heavy atom. The lowest BCUT2D eigenvalue weighted by molar-refractivity contribution is -0.132. The summed E-state index contributed by atoms with van der Waals surface area (Å²) in [4.78, 5) is 16.4. The van der Waals surface area contributed by atoms with Gasteiger partial charge in [-0.2, -0.15) is 0 Å². The van der Waals surface area contributed by atoms with Crippen molar-refractivity contribution >= 4 is 11.6 Å². The highest BCUT2D eigenvalue weighted by molar-refractivity contribution is 5.76. The van der Waals surface area contributed by atoms with Crippen molar-refractivity contribution in [1.82, 2.24) is 4.90 Å². The number of nitrogens with zero attached hydrogens (tertiary/aromatic N) is 2. The standard InChI is InChI=1S/C17H26N2O3/c1-13(2)11-17(20)19-9-7-18(8-10-19)14-5-6-15(21-3)16(12-14)22-4/h5-6,12-13H,7-11H2,1-4H3. The average Bonchev–Trinajstić information content (AvgIpc) is 2.53. The van der Waals surface area contributed by atoms with Gasteiger partial charge in [-0.3, -0.25) is 4.79 Å². The number of rotatable bonds is 5. The minimum Gasteiger partial charge on any atom is -0.493 e. The van der Waals surface area contributed by atoms with E-state index in [1.807, 2.05) is 23.1 Å². The van der Waals surface area contributed by atoms with Crippen molar-refractivity contribution in [2.24, 2.45) is 5.92 Å². The smallest absolute Gasteiger partial charge is 0.222 e. The normalized spacial score (nSPS) is 15.1. The van der Waals surface area contributed by atoms with Gasteiger partial charge in [0, 0.05) is 44.4 Å². The van der Waals surface area contributed by atoms with Crippen LogP contribution in [0.15, 0.2) is 18.2 Å². The van der Waals surface area contributed by atoms with E-state index in [0.717, 1.165) is 43.4 Å². The van der Waals surface area contributed by atoms with Crippen molar-refractivity contribution in [2.45, 2.75) is 20.3 Å². The van der Waals surface area contributed by atoms with Crippen LogP contribution >= 0.6 is 0 Å². The van der Waals surface area contributed by atoms with Gasteiger partial charge in [-0.05, 0) is 18.1 Å². The van der Waals surface area contributed by atoms with Crippen LogP contribution < -0.4 is 14.4 Å². The van der Waals surface area contributed by atoms with Crippen molar-refractivity contribution in [3.63, 3.8) is 0 Å². The number of anilines is 1. The van der Waals surface area contributed by atoms with Crippen molar-refractivity contribution in [1.29, 1.82) is 0 Å². The zero-order valence-electron chi connectivity index (χ0n) is 14.0. The van der Waals surface area contributed by atoms with Crippen LogP contribution in [0.4, 0.5) is 5.69 Å². The fourth-order valence-corrected chi connectivity index (χ4v) is 2.71. The summed E-state index contributed by atoms with van der Waals surface area (Å²) in [5.41, 5.74) is 1.11. The zero-order valence-corrected chi connectivity index (χ0v) is 14.0. The second-order valence-corrected chi connectivity index (χ2v) is 6.01. The molecule has 0 spiro atoms. The first-order chi connectivity index (χ1) is 10.5. The average molecular weight is 306 g/mol. The van der Waals surface area contributed by atoms with E-state index >= 15 is 0 Å². The summed E-state index contributed by atoms with van der Waals surface area (Å²) in [7, 11) is 3.28. The number of ether oxygens (including phenoxy) is 2. The van der Waals surface area contributed by atoms with Crippen LogP contribution in [0.5, 0.6) is 11.5 Å². The number of hydrogen-bond acceptors (Lipinski definition) is 4. The van der Waals surface area contributed by atoms with Crippen molar-refractivity contribution in [3.05, 3.63) is 18.2 Å². The Labute approximate surface area is 132 Å². The molecule has 1 aliphatic rings. The maximum absolute atomic E-state index is 12.1. The lowest BCUT2D eigenvalue weighted by Crippen LogP contribution is -2.49. The summed E-state index contributed by atoms with van der Waals surface area (Å²) in [6, 6.07) is 5.95. The molecule has 5 nitrogen and oxygen atoms in total. The van der Waals surface area contributed by atoms with E-state index in [2.05, 4.69) is 18.7 Å². The third-order valence-electron chi connectivity index (χ3n) is 3.95. The number of piperazine rings is 1. The Morgan fingerprint density at radius 3 is 2.27 bits per heavy atom. The Morgan fingerprint density at radius 1 is 1.09 bits per heavy atom. The molecule has 0 unspecified atom stereocenters. The third-order valence-corrected chi connectivity index (χ3v) is 3.95. The van der Waals surface area contributed by atoms with E-state index in [1.54, 1.807) is 14.2 Å². The van der Waals surface area contributed by atoms with Crippen LogP contribution in [0.1, 0.15) is 20.3 Å². The summed E-state index contributed by atoms with van der Waals surface area (Å²) in [5.74, 6) is 2.15. The van der Waals surface area contributed by atoms with Crippen LogP contribution in [0.25, 0.3) is 0 Å². The van der Waals surface area contributed by atoms with E-state index in [9.17, 15) is 4.79 Å². The maximum Gasteiger partial charge on any atom is 0.222 e. The fraction of sp³-hybridized carbons (Fsp3) is 0.588. The summed E-state index contributed by atoms with van der Waals surface area (Å²) in [6.45, 7) is 7.41. The van der Waals surface area contributed by atoms with Gasteiger partial charge < -0.3 is 19.3 Å². The molecule has 22 heavy (non-hydrogen) atoms. The van der Waals surface area contributed by atoms with E-state index in [0.29, 0.717) is 12.3 Å². The molecule has 1 amide bonds. The van der Waals surface area contributed by atoms with Gasteiger partial charge in [-0.25, -0.2) is 0 Å². The topological polar surface area (TPSA) is 42.0 Å². The predicted molar refractivity (Wildman–Crippen MR) is 87.8 cm³/mol. The minimum absolute atomic E-state index is 0.266. The van der Waals surface area contributed by atoms with Gasteiger partial charge in [0.25, 0.3) is 0 Å². The number of carbonyl (C=O) groups is 1. The Kier molecular flexibility index (Phi) is 5.52. The first-order valence-corrected chi connectivity index (χ1v) is 7.80. The van der Waals surface area contributed by atoms with Gasteiger partial charge in [0.05, 0.1) is 14.2 Å². The SMILES string of the molecule is COc1ccc(N2CCN(C(=O)CC(C)C)CC2)cc1OC. The van der Waals surface area contributed by atoms with Crippen LogP contribution in [0.3, 0.4) is 0 Å². The molecule has 2 rings (SSSR count). The van der Waals surface area contributed by atoms with Gasteiger partial charge in [0.2, 0.25) is 5.91 Å². The highest BCUT2D eigenvalue weighted by atomic mass is 16.5. The van der Waals surface area contributed by atoms with Gasteiger partial charge in [-0.1, -0.05) is 13.8 Å². The highest BCUT2D eigenvalue weighted by Crippen LogP contribution is 2.31. The van der Waals surface area contributed by atoms with Crippen LogP contribution in [-0.4, -0.2) is 51.2 Å². The lowest BCUT2D eigenvalue weighted by atomic mass is 10.1. The number of carbonyl (C=O) groups excluding carboxylic acids is 1. The van der Waals surface area contributed by atoms with E-state index < -0.39 is 0 Å². The molecule has 0 radical (unpaired) electrons. The summed E-state index contributed by atoms with van der Waals surface area (Å²) >= 11 is 0. The Hall–Kier alpha value is -1.91. The Balaban J connectivity index is 1.98. The van der Waals surface area contributed by atoms with Crippen molar-refractivity contribution in [2.75, 3.05) is 45.3 Å². The fourth-order valence-electron chi connectivity index (χ4n) is 2.71. The summed E-state index contributed by atoms with van der Waals surface area (Å²) in [6.07, 6.45) is 0.635. The van der Waals surface area contributed by atoms with E-state index in [-0.39, 0.29) is 5.91 Å². The molecule has 0 N–H and O–H groups in total. The Bertz CT molecular complexity index is 509. The molecular weight excluding hydrogens is 280 g/mol. The first kappa shape index (κ1) is 16.5. The van der Waals surface area contributed by atoms with E-state index in [4.69, 9.17) is 9.47 Å². The molecule has 1 aromatic carbocycles. The van der Waals surface area contributed by atoms with Gasteiger partial charge in [0.15, 0.2) is 11.5 Å². The molecule has 0 bridgehead atoms. The molecule has 0 aromatic heterocycles. The van der Waals surface area contributed by atoms with Crippen molar-refractivity contribution < 1.29 is 14.3 Å². The van der Waals surface area contributed by atoms with Crippen LogP contribution in [0, 0.1) is 5.92 Å². The van der Waals surface area contributed by atoms with E-state index in [1.165, 1.54) is 0 Å². The highest BCUT2D eigenvalue weighted by Gasteiger charge is 2.22. The van der Waals surface area contributed by atoms with Gasteiger partial charge in [-0.15, -0.1) is 0 Å². The number of hydrogen-bond donors (Lipinski definition) is 0. The largest absolute Gasteiger partial charge is 0.493 e. The summed E-state index contributed by atoms with van der Waals surface area (Å²) < 4.78 is 10.6. The van der Waals surface area contributed by atoms with Crippen LogP contribution in [0.2, 0.25) is 0 Å². The number of methoxy groups -OCH3 is 2. The molecule has 0 saturated carbocycles.